The molecule has 0 amide bonds. The Bertz CT molecular complexity index is 474. The van der Waals surface area contributed by atoms with Crippen molar-refractivity contribution in [1.29, 1.82) is 0 Å². The predicted molar refractivity (Wildman–Crippen MR) is 60.6 cm³/mol. The van der Waals surface area contributed by atoms with Crippen LogP contribution in [0.2, 0.25) is 5.02 Å². The number of halogens is 1. The highest BCUT2D eigenvalue weighted by atomic mass is 35.5. The molecule has 0 spiro atoms. The zero-order chi connectivity index (χ0) is 10.7. The number of rotatable bonds is 2. The van der Waals surface area contributed by atoms with Crippen LogP contribution in [-0.4, -0.2) is 10.1 Å². The second-order valence-corrected chi connectivity index (χ2v) is 3.44. The van der Waals surface area contributed by atoms with Gasteiger partial charge in [-0.15, -0.1) is 0 Å². The van der Waals surface area contributed by atoms with E-state index < -0.39 is 0 Å². The summed E-state index contributed by atoms with van der Waals surface area (Å²) in [4.78, 5) is 4.07. The molecule has 0 aliphatic rings. The molecule has 0 bridgehead atoms. The number of phenolic OH excluding ortho intramolecular Hbond substituents is 1. The maximum absolute atomic E-state index is 9.52. The van der Waals surface area contributed by atoms with Crippen LogP contribution in [0.15, 0.2) is 42.6 Å². The number of nitrogens with one attached hydrogen (secondary N) is 1. The molecule has 1 aromatic heterocycles. The van der Waals surface area contributed by atoms with E-state index >= 15 is 0 Å². The maximum Gasteiger partial charge on any atom is 0.139 e. The van der Waals surface area contributed by atoms with Crippen molar-refractivity contribution in [3.05, 3.63) is 47.6 Å². The van der Waals surface area contributed by atoms with E-state index in [2.05, 4.69) is 10.3 Å². The van der Waals surface area contributed by atoms with Gasteiger partial charge in [0.1, 0.15) is 11.6 Å². The molecule has 0 saturated carbocycles. The highest BCUT2D eigenvalue weighted by Crippen LogP contribution is 2.25. The number of nitrogens with zero attached hydrogens (tertiary/aromatic N) is 1. The summed E-state index contributed by atoms with van der Waals surface area (Å²) in [5.41, 5.74) is 0.604. The van der Waals surface area contributed by atoms with Gasteiger partial charge in [-0.25, -0.2) is 4.98 Å². The Hall–Kier alpha value is -1.74. The van der Waals surface area contributed by atoms with Crippen LogP contribution < -0.4 is 5.32 Å². The molecule has 0 atom stereocenters. The number of hydrogen-bond donors (Lipinski definition) is 2. The first kappa shape index (κ1) is 9.80. The number of pyridine rings is 1. The summed E-state index contributed by atoms with van der Waals surface area (Å²) in [6.45, 7) is 0. The standard InChI is InChI=1S/C11H9ClN2O/c12-8-5-6-13-11(7-8)14-9-3-1-2-4-10(9)15/h1-7,15H,(H,13,14). The Balaban J connectivity index is 2.26. The lowest BCUT2D eigenvalue weighted by Gasteiger charge is -2.06. The molecular formula is C11H9ClN2O. The Kier molecular flexibility index (Phi) is 2.74. The van der Waals surface area contributed by atoms with Gasteiger partial charge in [0, 0.05) is 11.2 Å². The molecule has 2 aromatic rings. The molecule has 2 N–H and O–H groups in total. The third-order valence-corrected chi connectivity index (χ3v) is 2.12. The zero-order valence-corrected chi connectivity index (χ0v) is 8.57. The summed E-state index contributed by atoms with van der Waals surface area (Å²) in [5, 5.41) is 13.1. The van der Waals surface area contributed by atoms with E-state index in [4.69, 9.17) is 11.6 Å². The highest BCUT2D eigenvalue weighted by Gasteiger charge is 2.00. The van der Waals surface area contributed by atoms with Crippen molar-refractivity contribution >= 4 is 23.1 Å². The molecule has 0 unspecified atom stereocenters. The number of para-hydroxylation sites is 2. The van der Waals surface area contributed by atoms with E-state index in [0.29, 0.717) is 16.5 Å². The third kappa shape index (κ3) is 2.39. The zero-order valence-electron chi connectivity index (χ0n) is 7.81. The molecule has 1 heterocycles. The first-order valence-corrected chi connectivity index (χ1v) is 4.80. The average Bonchev–Trinajstić information content (AvgIpc) is 2.22. The van der Waals surface area contributed by atoms with E-state index in [1.54, 1.807) is 36.5 Å². The minimum atomic E-state index is 0.180. The molecule has 0 radical (unpaired) electrons. The first-order valence-electron chi connectivity index (χ1n) is 4.42. The van der Waals surface area contributed by atoms with Crippen molar-refractivity contribution in [2.24, 2.45) is 0 Å². The van der Waals surface area contributed by atoms with Crippen LogP contribution in [0.1, 0.15) is 0 Å². The van der Waals surface area contributed by atoms with Crippen LogP contribution in [0.5, 0.6) is 5.75 Å². The first-order chi connectivity index (χ1) is 7.25. The highest BCUT2D eigenvalue weighted by molar-refractivity contribution is 6.30. The van der Waals surface area contributed by atoms with Gasteiger partial charge in [0.15, 0.2) is 0 Å². The Labute approximate surface area is 92.4 Å². The topological polar surface area (TPSA) is 45.1 Å². The Morgan fingerprint density at radius 1 is 1.20 bits per heavy atom. The fourth-order valence-corrected chi connectivity index (χ4v) is 1.35. The van der Waals surface area contributed by atoms with E-state index in [9.17, 15) is 5.11 Å². The lowest BCUT2D eigenvalue weighted by molar-refractivity contribution is 0.477. The summed E-state index contributed by atoms with van der Waals surface area (Å²) in [6, 6.07) is 10.3. The van der Waals surface area contributed by atoms with Gasteiger partial charge in [0.05, 0.1) is 5.69 Å². The quantitative estimate of drug-likeness (QED) is 0.764. The summed E-state index contributed by atoms with van der Waals surface area (Å²) >= 11 is 5.81. The van der Waals surface area contributed by atoms with Crippen LogP contribution in [0.4, 0.5) is 11.5 Å². The number of phenols is 1. The van der Waals surface area contributed by atoms with E-state index in [1.807, 2.05) is 6.07 Å². The molecule has 3 nitrogen and oxygen atoms in total. The van der Waals surface area contributed by atoms with Gasteiger partial charge >= 0.3 is 0 Å². The third-order valence-electron chi connectivity index (χ3n) is 1.89. The largest absolute Gasteiger partial charge is 0.506 e. The fourth-order valence-electron chi connectivity index (χ4n) is 1.19. The summed E-state index contributed by atoms with van der Waals surface area (Å²) in [6.07, 6.45) is 1.60. The van der Waals surface area contributed by atoms with Crippen molar-refractivity contribution in [2.45, 2.75) is 0 Å². The smallest absolute Gasteiger partial charge is 0.139 e. The molecule has 4 heteroatoms. The van der Waals surface area contributed by atoms with Crippen LogP contribution in [-0.2, 0) is 0 Å². The van der Waals surface area contributed by atoms with Crippen molar-refractivity contribution in [3.63, 3.8) is 0 Å². The second-order valence-electron chi connectivity index (χ2n) is 3.00. The van der Waals surface area contributed by atoms with E-state index in [0.717, 1.165) is 0 Å². The van der Waals surface area contributed by atoms with Gasteiger partial charge in [0.2, 0.25) is 0 Å². The summed E-state index contributed by atoms with van der Waals surface area (Å²) in [7, 11) is 0. The Morgan fingerprint density at radius 3 is 2.73 bits per heavy atom. The molecule has 1 aromatic carbocycles. The lowest BCUT2D eigenvalue weighted by Crippen LogP contribution is -1.92. The van der Waals surface area contributed by atoms with Gasteiger partial charge in [-0.1, -0.05) is 23.7 Å². The van der Waals surface area contributed by atoms with Gasteiger partial charge in [-0.05, 0) is 24.3 Å². The summed E-state index contributed by atoms with van der Waals surface area (Å²) in [5.74, 6) is 0.781. The van der Waals surface area contributed by atoms with E-state index in [1.165, 1.54) is 0 Å². The Morgan fingerprint density at radius 2 is 2.00 bits per heavy atom. The fraction of sp³-hybridized carbons (Fsp3) is 0. The summed E-state index contributed by atoms with van der Waals surface area (Å²) < 4.78 is 0. The van der Waals surface area contributed by atoms with Gasteiger partial charge < -0.3 is 10.4 Å². The van der Waals surface area contributed by atoms with E-state index in [-0.39, 0.29) is 5.75 Å². The second kappa shape index (κ2) is 4.19. The van der Waals surface area contributed by atoms with Crippen LogP contribution in [0, 0.1) is 0 Å². The lowest BCUT2D eigenvalue weighted by atomic mass is 10.3. The number of aromatic nitrogens is 1. The predicted octanol–water partition coefficient (Wildman–Crippen LogP) is 3.18. The van der Waals surface area contributed by atoms with Crippen molar-refractivity contribution in [3.8, 4) is 5.75 Å². The molecule has 76 valence electrons. The molecule has 0 saturated heterocycles. The van der Waals surface area contributed by atoms with Gasteiger partial charge in [-0.3, -0.25) is 0 Å². The normalized spacial score (nSPS) is 9.93. The molecule has 2 rings (SSSR count). The van der Waals surface area contributed by atoms with Crippen LogP contribution in [0.3, 0.4) is 0 Å². The van der Waals surface area contributed by atoms with Crippen molar-refractivity contribution in [1.82, 2.24) is 4.98 Å². The van der Waals surface area contributed by atoms with Crippen LogP contribution >= 0.6 is 11.6 Å². The molecule has 0 aliphatic heterocycles. The minimum absolute atomic E-state index is 0.180. The van der Waals surface area contributed by atoms with Crippen molar-refractivity contribution < 1.29 is 5.11 Å². The monoisotopic (exact) mass is 220 g/mol. The van der Waals surface area contributed by atoms with Gasteiger partial charge in [-0.2, -0.15) is 0 Å². The number of hydrogen-bond acceptors (Lipinski definition) is 3. The number of benzene rings is 1. The van der Waals surface area contributed by atoms with Gasteiger partial charge in [0.25, 0.3) is 0 Å². The molecule has 0 aliphatic carbocycles. The molecule has 0 fully saturated rings. The number of aromatic hydroxyl groups is 1. The molecule has 15 heavy (non-hydrogen) atoms. The SMILES string of the molecule is Oc1ccccc1Nc1cc(Cl)ccn1. The minimum Gasteiger partial charge on any atom is -0.506 e. The van der Waals surface area contributed by atoms with Crippen LogP contribution in [0.25, 0.3) is 0 Å². The van der Waals surface area contributed by atoms with Crippen molar-refractivity contribution in [2.75, 3.05) is 5.32 Å². The molecular weight excluding hydrogens is 212 g/mol. The average molecular weight is 221 g/mol. The number of anilines is 2. The maximum atomic E-state index is 9.52.